The zero-order valence-corrected chi connectivity index (χ0v) is 16.9. The molecule has 0 unspecified atom stereocenters. The molecule has 1 aliphatic rings. The molecular weight excluding hydrogens is 368 g/mol. The van der Waals surface area contributed by atoms with Gasteiger partial charge in [-0.25, -0.2) is 8.42 Å². The number of thiophene rings is 1. The molecule has 0 bridgehead atoms. The van der Waals surface area contributed by atoms with Crippen molar-refractivity contribution in [3.63, 3.8) is 0 Å². The van der Waals surface area contributed by atoms with Crippen molar-refractivity contribution < 1.29 is 13.2 Å². The molecule has 2 heterocycles. The summed E-state index contributed by atoms with van der Waals surface area (Å²) in [6, 6.07) is 9.26. The minimum atomic E-state index is -3.52. The van der Waals surface area contributed by atoms with Crippen LogP contribution in [0.3, 0.4) is 0 Å². The molecule has 1 fully saturated rings. The second kappa shape index (κ2) is 7.50. The van der Waals surface area contributed by atoms with E-state index in [1.165, 1.54) is 21.2 Å². The van der Waals surface area contributed by atoms with Crippen molar-refractivity contribution in [1.82, 2.24) is 4.31 Å². The van der Waals surface area contributed by atoms with Crippen molar-refractivity contribution in [2.75, 3.05) is 18.4 Å². The highest BCUT2D eigenvalue weighted by Gasteiger charge is 2.34. The fourth-order valence-corrected chi connectivity index (χ4v) is 6.08. The first-order valence-corrected chi connectivity index (χ1v) is 11.0. The Hall–Kier alpha value is -1.70. The van der Waals surface area contributed by atoms with E-state index in [0.29, 0.717) is 23.6 Å². The summed E-state index contributed by atoms with van der Waals surface area (Å²) in [4.78, 5) is 13.6. The number of rotatable bonds is 4. The third kappa shape index (κ3) is 4.00. The summed E-state index contributed by atoms with van der Waals surface area (Å²) in [5.74, 6) is -0.447. The van der Waals surface area contributed by atoms with Crippen LogP contribution in [0.15, 0.2) is 34.5 Å². The average Bonchev–Trinajstić information content (AvgIpc) is 3.05. The van der Waals surface area contributed by atoms with E-state index >= 15 is 0 Å². The van der Waals surface area contributed by atoms with Gasteiger partial charge in [0.05, 0.1) is 5.92 Å². The molecule has 1 aromatic carbocycles. The summed E-state index contributed by atoms with van der Waals surface area (Å²) in [6.07, 6.45) is 1.39. The van der Waals surface area contributed by atoms with Crippen LogP contribution in [0.5, 0.6) is 0 Å². The van der Waals surface area contributed by atoms with E-state index in [1.54, 1.807) is 6.07 Å². The normalized spacial score (nSPS) is 18.7. The third-order valence-corrected chi connectivity index (χ3v) is 8.17. The smallest absolute Gasteiger partial charge is 0.252 e. The first-order valence-electron chi connectivity index (χ1n) is 8.72. The summed E-state index contributed by atoms with van der Waals surface area (Å²) in [7, 11) is -3.52. The third-order valence-electron chi connectivity index (χ3n) is 4.84. The van der Waals surface area contributed by atoms with Crippen molar-refractivity contribution in [1.29, 1.82) is 0 Å². The highest BCUT2D eigenvalue weighted by atomic mass is 32.2. The Bertz CT molecular complexity index is 919. The van der Waals surface area contributed by atoms with Crippen LogP contribution in [0, 0.1) is 26.7 Å². The largest absolute Gasteiger partial charge is 0.326 e. The summed E-state index contributed by atoms with van der Waals surface area (Å²) in [5.41, 5.74) is 3.04. The Labute approximate surface area is 159 Å². The fourth-order valence-electron chi connectivity index (χ4n) is 3.12. The zero-order chi connectivity index (χ0) is 18.9. The number of piperidine rings is 1. The van der Waals surface area contributed by atoms with Crippen LogP contribution in [0.25, 0.3) is 0 Å². The number of hydrogen-bond acceptors (Lipinski definition) is 4. The molecule has 1 amide bonds. The topological polar surface area (TPSA) is 66.5 Å². The molecule has 7 heteroatoms. The lowest BCUT2D eigenvalue weighted by molar-refractivity contribution is -0.120. The molecule has 1 atom stereocenters. The van der Waals surface area contributed by atoms with Crippen LogP contribution in [0.1, 0.15) is 28.8 Å². The fraction of sp³-hybridized carbons (Fsp3) is 0.421. The molecule has 5 nitrogen and oxygen atoms in total. The van der Waals surface area contributed by atoms with Gasteiger partial charge in [-0.1, -0.05) is 6.07 Å². The molecule has 2 aromatic rings. The number of nitrogens with zero attached hydrogens (tertiary/aromatic N) is 1. The van der Waals surface area contributed by atoms with Gasteiger partial charge in [-0.15, -0.1) is 11.3 Å². The van der Waals surface area contributed by atoms with Gasteiger partial charge < -0.3 is 5.32 Å². The standard InChI is InChI=1S/C19H24N2O3S2/c1-13-6-8-17(11-14(13)2)20-19(22)16-5-4-10-21(12-16)26(23,24)18-9-7-15(3)25-18/h6-9,11,16H,4-5,10,12H2,1-3H3,(H,20,22)/t16-/m0/s1. The zero-order valence-electron chi connectivity index (χ0n) is 15.3. The van der Waals surface area contributed by atoms with Gasteiger partial charge in [-0.3, -0.25) is 4.79 Å². The number of nitrogens with one attached hydrogen (secondary N) is 1. The maximum Gasteiger partial charge on any atom is 0.252 e. The quantitative estimate of drug-likeness (QED) is 0.862. The summed E-state index contributed by atoms with van der Waals surface area (Å²) < 4.78 is 27.4. The van der Waals surface area contributed by atoms with Gasteiger partial charge in [-0.2, -0.15) is 4.31 Å². The minimum Gasteiger partial charge on any atom is -0.326 e. The van der Waals surface area contributed by atoms with Gasteiger partial charge in [0, 0.05) is 23.7 Å². The average molecular weight is 393 g/mol. The first kappa shape index (κ1) is 19.1. The Kier molecular flexibility index (Phi) is 5.50. The SMILES string of the molecule is Cc1ccc(S(=O)(=O)N2CCC[C@H](C(=O)Nc3ccc(C)c(C)c3)C2)s1. The van der Waals surface area contributed by atoms with Crippen molar-refractivity contribution >= 4 is 33.0 Å². The van der Waals surface area contributed by atoms with Crippen molar-refractivity contribution in [3.05, 3.63) is 46.3 Å². The van der Waals surface area contributed by atoms with Gasteiger partial charge in [-0.05, 0) is 69.0 Å². The van der Waals surface area contributed by atoms with Crippen molar-refractivity contribution in [2.45, 2.75) is 37.8 Å². The van der Waals surface area contributed by atoms with Gasteiger partial charge in [0.1, 0.15) is 4.21 Å². The maximum absolute atomic E-state index is 12.8. The summed E-state index contributed by atoms with van der Waals surface area (Å²) >= 11 is 1.27. The van der Waals surface area contributed by atoms with Crippen LogP contribution in [0.4, 0.5) is 5.69 Å². The highest BCUT2D eigenvalue weighted by Crippen LogP contribution is 2.28. The van der Waals surface area contributed by atoms with Crippen LogP contribution >= 0.6 is 11.3 Å². The second-order valence-corrected chi connectivity index (χ2v) is 10.3. The first-order chi connectivity index (χ1) is 12.3. The van der Waals surface area contributed by atoms with E-state index in [0.717, 1.165) is 16.1 Å². The molecule has 1 aliphatic heterocycles. The molecule has 26 heavy (non-hydrogen) atoms. The molecule has 1 saturated heterocycles. The molecule has 0 radical (unpaired) electrons. The van der Waals surface area contributed by atoms with E-state index in [4.69, 9.17) is 0 Å². The number of hydrogen-bond donors (Lipinski definition) is 1. The van der Waals surface area contributed by atoms with E-state index in [-0.39, 0.29) is 18.4 Å². The number of anilines is 1. The van der Waals surface area contributed by atoms with Crippen LogP contribution < -0.4 is 5.32 Å². The summed E-state index contributed by atoms with van der Waals surface area (Å²) in [5, 5.41) is 2.94. The van der Waals surface area contributed by atoms with Gasteiger partial charge in [0.15, 0.2) is 0 Å². The molecular formula is C19H24N2O3S2. The van der Waals surface area contributed by atoms with Gasteiger partial charge in [0.25, 0.3) is 10.0 Å². The van der Waals surface area contributed by atoms with Crippen molar-refractivity contribution in [2.24, 2.45) is 5.92 Å². The highest BCUT2D eigenvalue weighted by molar-refractivity contribution is 7.91. The Morgan fingerprint density at radius 1 is 1.15 bits per heavy atom. The lowest BCUT2D eigenvalue weighted by atomic mass is 9.98. The van der Waals surface area contributed by atoms with Crippen LogP contribution in [0.2, 0.25) is 0 Å². The number of carbonyl (C=O) groups excluding carboxylic acids is 1. The van der Waals surface area contributed by atoms with E-state index < -0.39 is 10.0 Å². The molecule has 0 saturated carbocycles. The van der Waals surface area contributed by atoms with Crippen LogP contribution in [-0.2, 0) is 14.8 Å². The van der Waals surface area contributed by atoms with E-state index in [1.807, 2.05) is 45.0 Å². The monoisotopic (exact) mass is 392 g/mol. The Morgan fingerprint density at radius 3 is 2.58 bits per heavy atom. The maximum atomic E-state index is 12.8. The number of aryl methyl sites for hydroxylation is 3. The molecule has 140 valence electrons. The predicted molar refractivity (Wildman–Crippen MR) is 105 cm³/mol. The van der Waals surface area contributed by atoms with Crippen LogP contribution in [-0.4, -0.2) is 31.7 Å². The Morgan fingerprint density at radius 2 is 1.92 bits per heavy atom. The molecule has 0 spiro atoms. The molecule has 1 aromatic heterocycles. The molecule has 1 N–H and O–H groups in total. The minimum absolute atomic E-state index is 0.115. The Balaban J connectivity index is 1.71. The van der Waals surface area contributed by atoms with E-state index in [9.17, 15) is 13.2 Å². The second-order valence-electron chi connectivity index (χ2n) is 6.86. The van der Waals surface area contributed by atoms with Gasteiger partial charge in [0.2, 0.25) is 5.91 Å². The number of sulfonamides is 1. The number of benzene rings is 1. The van der Waals surface area contributed by atoms with Crippen molar-refractivity contribution in [3.8, 4) is 0 Å². The van der Waals surface area contributed by atoms with E-state index in [2.05, 4.69) is 5.32 Å². The number of carbonyl (C=O) groups is 1. The lowest BCUT2D eigenvalue weighted by Crippen LogP contribution is -2.43. The molecule has 0 aliphatic carbocycles. The predicted octanol–water partition coefficient (Wildman–Crippen LogP) is 3.71. The summed E-state index contributed by atoms with van der Waals surface area (Å²) in [6.45, 7) is 6.61. The van der Waals surface area contributed by atoms with Gasteiger partial charge >= 0.3 is 0 Å². The lowest BCUT2D eigenvalue weighted by Gasteiger charge is -2.30. The number of amides is 1. The molecule has 3 rings (SSSR count).